The van der Waals surface area contributed by atoms with Gasteiger partial charge >= 0.3 is 5.97 Å². The first kappa shape index (κ1) is 18.2. The average molecular weight is 360 g/mol. The molecule has 2 aliphatic heterocycles. The first-order chi connectivity index (χ1) is 12.5. The number of hydrogen-bond donors (Lipinski definition) is 1. The highest BCUT2D eigenvalue weighted by Gasteiger charge is 2.39. The van der Waals surface area contributed by atoms with Gasteiger partial charge in [-0.15, -0.1) is 0 Å². The van der Waals surface area contributed by atoms with Crippen LogP contribution in [0.5, 0.6) is 5.75 Å². The third-order valence-electron chi connectivity index (χ3n) is 5.02. The minimum absolute atomic E-state index is 0.0840. The third-order valence-corrected chi connectivity index (χ3v) is 5.02. The van der Waals surface area contributed by atoms with Crippen molar-refractivity contribution in [2.45, 2.75) is 26.2 Å². The SMILES string of the molecule is CCOc1ccc(N2C[C@@H](C(=O)N3CCC[C@H](C(=O)O)C3)CC2=O)cc1. The molecular weight excluding hydrogens is 336 g/mol. The van der Waals surface area contributed by atoms with Crippen molar-refractivity contribution in [2.24, 2.45) is 11.8 Å². The highest BCUT2D eigenvalue weighted by Crippen LogP contribution is 2.29. The number of carbonyl (C=O) groups excluding carboxylic acids is 2. The number of carboxylic acid groups (broad SMARTS) is 1. The Morgan fingerprint density at radius 3 is 2.58 bits per heavy atom. The number of hydrogen-bond acceptors (Lipinski definition) is 4. The maximum Gasteiger partial charge on any atom is 0.308 e. The summed E-state index contributed by atoms with van der Waals surface area (Å²) in [6.45, 7) is 3.62. The Morgan fingerprint density at radius 2 is 1.92 bits per heavy atom. The number of anilines is 1. The highest BCUT2D eigenvalue weighted by molar-refractivity contribution is 6.00. The van der Waals surface area contributed by atoms with Crippen molar-refractivity contribution in [1.82, 2.24) is 4.90 Å². The van der Waals surface area contributed by atoms with Crippen LogP contribution in [0.3, 0.4) is 0 Å². The second-order valence-corrected chi connectivity index (χ2v) is 6.79. The molecule has 2 fully saturated rings. The van der Waals surface area contributed by atoms with Gasteiger partial charge in [-0.1, -0.05) is 0 Å². The van der Waals surface area contributed by atoms with Crippen molar-refractivity contribution in [1.29, 1.82) is 0 Å². The maximum atomic E-state index is 12.8. The van der Waals surface area contributed by atoms with Gasteiger partial charge < -0.3 is 19.6 Å². The Hall–Kier alpha value is -2.57. The van der Waals surface area contributed by atoms with E-state index in [-0.39, 0.29) is 24.8 Å². The first-order valence-electron chi connectivity index (χ1n) is 9.04. The molecule has 1 aromatic rings. The molecule has 1 aromatic carbocycles. The zero-order valence-electron chi connectivity index (χ0n) is 14.9. The van der Waals surface area contributed by atoms with Crippen LogP contribution < -0.4 is 9.64 Å². The van der Waals surface area contributed by atoms with E-state index in [9.17, 15) is 19.5 Å². The summed E-state index contributed by atoms with van der Waals surface area (Å²) in [5, 5.41) is 9.19. The molecule has 7 nitrogen and oxygen atoms in total. The lowest BCUT2D eigenvalue weighted by Crippen LogP contribution is -2.45. The van der Waals surface area contributed by atoms with Crippen LogP contribution in [0.1, 0.15) is 26.2 Å². The van der Waals surface area contributed by atoms with E-state index in [1.54, 1.807) is 9.80 Å². The zero-order chi connectivity index (χ0) is 18.7. The fourth-order valence-electron chi connectivity index (χ4n) is 3.65. The minimum Gasteiger partial charge on any atom is -0.494 e. The number of rotatable bonds is 5. The summed E-state index contributed by atoms with van der Waals surface area (Å²) < 4.78 is 5.41. The fraction of sp³-hybridized carbons (Fsp3) is 0.526. The van der Waals surface area contributed by atoms with Gasteiger partial charge in [0.25, 0.3) is 0 Å². The monoisotopic (exact) mass is 360 g/mol. The summed E-state index contributed by atoms with van der Waals surface area (Å²) >= 11 is 0. The Balaban J connectivity index is 1.65. The van der Waals surface area contributed by atoms with Gasteiger partial charge in [-0.05, 0) is 44.0 Å². The normalized spacial score (nSPS) is 23.2. The number of carboxylic acids is 1. The molecule has 1 N–H and O–H groups in total. The highest BCUT2D eigenvalue weighted by atomic mass is 16.5. The molecule has 2 amide bonds. The van der Waals surface area contributed by atoms with Crippen LogP contribution in [0.25, 0.3) is 0 Å². The Kier molecular flexibility index (Phi) is 5.44. The molecule has 0 spiro atoms. The van der Waals surface area contributed by atoms with Gasteiger partial charge in [0.15, 0.2) is 0 Å². The Labute approximate surface area is 152 Å². The van der Waals surface area contributed by atoms with Crippen LogP contribution in [0.4, 0.5) is 5.69 Å². The van der Waals surface area contributed by atoms with E-state index >= 15 is 0 Å². The second kappa shape index (κ2) is 7.76. The van der Waals surface area contributed by atoms with Crippen LogP contribution in [-0.4, -0.2) is 54.0 Å². The number of amides is 2. The van der Waals surface area contributed by atoms with Crippen molar-refractivity contribution in [2.75, 3.05) is 31.1 Å². The lowest BCUT2D eigenvalue weighted by atomic mass is 9.96. The van der Waals surface area contributed by atoms with Crippen molar-refractivity contribution >= 4 is 23.5 Å². The van der Waals surface area contributed by atoms with Gasteiger partial charge in [-0.3, -0.25) is 14.4 Å². The molecular formula is C19H24N2O5. The predicted octanol–water partition coefficient (Wildman–Crippen LogP) is 1.76. The molecule has 0 aromatic heterocycles. The molecule has 0 bridgehead atoms. The molecule has 0 saturated carbocycles. The standard InChI is InChI=1S/C19H24N2O5/c1-2-26-16-7-5-15(6-8-16)21-12-14(10-17(21)22)18(23)20-9-3-4-13(11-20)19(24)25/h5-8,13-14H,2-4,9-12H2,1H3,(H,24,25)/t13-,14-/m0/s1. The average Bonchev–Trinajstić information content (AvgIpc) is 3.04. The van der Waals surface area contributed by atoms with E-state index in [4.69, 9.17) is 4.74 Å². The number of aliphatic carboxylic acids is 1. The van der Waals surface area contributed by atoms with Crippen LogP contribution >= 0.6 is 0 Å². The number of nitrogens with zero attached hydrogens (tertiary/aromatic N) is 2. The van der Waals surface area contributed by atoms with Crippen LogP contribution in [0.2, 0.25) is 0 Å². The van der Waals surface area contributed by atoms with E-state index in [1.807, 2.05) is 31.2 Å². The molecule has 7 heteroatoms. The second-order valence-electron chi connectivity index (χ2n) is 6.79. The molecule has 0 aliphatic carbocycles. The van der Waals surface area contributed by atoms with E-state index in [0.29, 0.717) is 32.5 Å². The lowest BCUT2D eigenvalue weighted by molar-refractivity contribution is -0.146. The predicted molar refractivity (Wildman–Crippen MR) is 95.0 cm³/mol. The molecule has 2 heterocycles. The van der Waals surface area contributed by atoms with Gasteiger partial charge in [0, 0.05) is 31.7 Å². The summed E-state index contributed by atoms with van der Waals surface area (Å²) in [5.74, 6) is -1.24. The van der Waals surface area contributed by atoms with E-state index in [1.165, 1.54) is 0 Å². The Bertz CT molecular complexity index is 688. The van der Waals surface area contributed by atoms with E-state index < -0.39 is 17.8 Å². The van der Waals surface area contributed by atoms with E-state index in [2.05, 4.69) is 0 Å². The van der Waals surface area contributed by atoms with Gasteiger partial charge in [-0.2, -0.15) is 0 Å². The largest absolute Gasteiger partial charge is 0.494 e. The maximum absolute atomic E-state index is 12.8. The first-order valence-corrected chi connectivity index (χ1v) is 9.04. The molecule has 2 saturated heterocycles. The van der Waals surface area contributed by atoms with Crippen LogP contribution in [0, 0.1) is 11.8 Å². The van der Waals surface area contributed by atoms with E-state index in [0.717, 1.165) is 11.4 Å². The molecule has 3 rings (SSSR count). The molecule has 26 heavy (non-hydrogen) atoms. The number of likely N-dealkylation sites (tertiary alicyclic amines) is 1. The summed E-state index contributed by atoms with van der Waals surface area (Å²) in [6, 6.07) is 7.25. The summed E-state index contributed by atoms with van der Waals surface area (Å²) in [6.07, 6.45) is 1.45. The molecule has 140 valence electrons. The minimum atomic E-state index is -0.860. The number of ether oxygens (including phenoxy) is 1. The topological polar surface area (TPSA) is 87.2 Å². The number of carbonyl (C=O) groups is 3. The van der Waals surface area contributed by atoms with Gasteiger partial charge in [0.2, 0.25) is 11.8 Å². The molecule has 2 atom stereocenters. The smallest absolute Gasteiger partial charge is 0.308 e. The van der Waals surface area contributed by atoms with Crippen LogP contribution in [0.15, 0.2) is 24.3 Å². The van der Waals surface area contributed by atoms with Gasteiger partial charge in [-0.25, -0.2) is 0 Å². The number of benzene rings is 1. The third kappa shape index (κ3) is 3.81. The summed E-state index contributed by atoms with van der Waals surface area (Å²) in [4.78, 5) is 39.6. The van der Waals surface area contributed by atoms with Crippen molar-refractivity contribution in [3.63, 3.8) is 0 Å². The molecule has 2 aliphatic rings. The van der Waals surface area contributed by atoms with Crippen molar-refractivity contribution in [3.8, 4) is 5.75 Å². The lowest BCUT2D eigenvalue weighted by Gasteiger charge is -2.32. The fourth-order valence-corrected chi connectivity index (χ4v) is 3.65. The van der Waals surface area contributed by atoms with Crippen LogP contribution in [-0.2, 0) is 14.4 Å². The van der Waals surface area contributed by atoms with Gasteiger partial charge in [0.05, 0.1) is 18.4 Å². The van der Waals surface area contributed by atoms with Gasteiger partial charge in [0.1, 0.15) is 5.75 Å². The molecule has 0 radical (unpaired) electrons. The number of piperidine rings is 1. The Morgan fingerprint density at radius 1 is 1.19 bits per heavy atom. The summed E-state index contributed by atoms with van der Waals surface area (Å²) in [5.41, 5.74) is 0.746. The molecule has 0 unspecified atom stereocenters. The zero-order valence-corrected chi connectivity index (χ0v) is 14.9. The van der Waals surface area contributed by atoms with Crippen molar-refractivity contribution < 1.29 is 24.2 Å². The quantitative estimate of drug-likeness (QED) is 0.865. The summed E-state index contributed by atoms with van der Waals surface area (Å²) in [7, 11) is 0. The van der Waals surface area contributed by atoms with Crippen molar-refractivity contribution in [3.05, 3.63) is 24.3 Å².